The molecule has 1 fully saturated rings. The Balaban J connectivity index is 1.77. The maximum Gasteiger partial charge on any atom is 0.253 e. The maximum absolute atomic E-state index is 12.5. The van der Waals surface area contributed by atoms with E-state index in [1.807, 2.05) is 49.9 Å². The first kappa shape index (κ1) is 17.9. The van der Waals surface area contributed by atoms with E-state index in [-0.39, 0.29) is 12.0 Å². The fourth-order valence-electron chi connectivity index (χ4n) is 2.67. The number of carbonyl (C=O) groups excluding carboxylic acids is 1. The van der Waals surface area contributed by atoms with Gasteiger partial charge >= 0.3 is 0 Å². The highest BCUT2D eigenvalue weighted by molar-refractivity contribution is 5.94. The third-order valence-electron chi connectivity index (χ3n) is 4.05. The minimum atomic E-state index is -0.475. The number of nitrogens with zero attached hydrogens (tertiary/aromatic N) is 2. The summed E-state index contributed by atoms with van der Waals surface area (Å²) in [5.74, 6) is 0.0911. The summed E-state index contributed by atoms with van der Waals surface area (Å²) < 4.78 is 5.43. The van der Waals surface area contributed by atoms with E-state index in [9.17, 15) is 9.90 Å². The summed E-state index contributed by atoms with van der Waals surface area (Å²) in [6.45, 7) is 9.87. The van der Waals surface area contributed by atoms with Gasteiger partial charge in [-0.15, -0.1) is 0 Å². The molecular weight excluding hydrogens is 292 g/mol. The van der Waals surface area contributed by atoms with E-state index < -0.39 is 6.10 Å². The number of aliphatic hydroxyl groups is 1. The Bertz CT molecular complexity index is 493. The zero-order chi connectivity index (χ0) is 16.8. The summed E-state index contributed by atoms with van der Waals surface area (Å²) in [5.41, 5.74) is 1.90. The highest BCUT2D eigenvalue weighted by atomic mass is 16.5. The van der Waals surface area contributed by atoms with E-state index in [0.717, 1.165) is 24.2 Å². The second kappa shape index (κ2) is 8.43. The molecule has 5 heteroatoms. The predicted molar refractivity (Wildman–Crippen MR) is 90.6 cm³/mol. The smallest absolute Gasteiger partial charge is 0.253 e. The third kappa shape index (κ3) is 5.61. The Morgan fingerprint density at radius 3 is 2.35 bits per heavy atom. The van der Waals surface area contributed by atoms with Crippen molar-refractivity contribution in [3.05, 3.63) is 35.4 Å². The molecule has 1 amide bonds. The van der Waals surface area contributed by atoms with Crippen LogP contribution in [0, 0.1) is 6.92 Å². The molecular formula is C18H28N2O3. The average Bonchev–Trinajstić information content (AvgIpc) is 2.54. The number of ether oxygens (including phenoxy) is 1. The molecule has 128 valence electrons. The molecule has 0 aliphatic carbocycles. The number of aryl methyl sites for hydroxylation is 1. The molecule has 0 radical (unpaired) electrons. The monoisotopic (exact) mass is 320 g/mol. The highest BCUT2D eigenvalue weighted by Gasteiger charge is 2.23. The number of hydrogen-bond acceptors (Lipinski definition) is 4. The molecule has 0 bridgehead atoms. The van der Waals surface area contributed by atoms with Crippen molar-refractivity contribution in [1.82, 2.24) is 9.80 Å². The van der Waals surface area contributed by atoms with E-state index in [0.29, 0.717) is 26.2 Å². The van der Waals surface area contributed by atoms with Gasteiger partial charge in [0.25, 0.3) is 5.91 Å². The number of hydrogen-bond donors (Lipinski definition) is 1. The molecule has 0 saturated carbocycles. The quantitative estimate of drug-likeness (QED) is 0.864. The molecule has 23 heavy (non-hydrogen) atoms. The lowest BCUT2D eigenvalue weighted by molar-refractivity contribution is -0.0137. The highest BCUT2D eigenvalue weighted by Crippen LogP contribution is 2.10. The minimum absolute atomic E-state index is 0.0911. The Morgan fingerprint density at radius 2 is 1.78 bits per heavy atom. The summed E-state index contributed by atoms with van der Waals surface area (Å²) in [6.07, 6.45) is -0.342. The molecule has 0 spiro atoms. The van der Waals surface area contributed by atoms with Gasteiger partial charge < -0.3 is 14.7 Å². The summed E-state index contributed by atoms with van der Waals surface area (Å²) in [7, 11) is 0. The fourth-order valence-corrected chi connectivity index (χ4v) is 2.67. The Kier molecular flexibility index (Phi) is 6.57. The standard InChI is InChI=1S/C18H28N2O3/c1-14(2)23-13-17(21)12-19-8-10-20(11-9-19)18(22)16-6-4-15(3)5-7-16/h4-7,14,17,21H,8-13H2,1-3H3. The van der Waals surface area contributed by atoms with Crippen LogP contribution in [-0.4, -0.2) is 72.4 Å². The molecule has 1 aromatic rings. The molecule has 1 N–H and O–H groups in total. The lowest BCUT2D eigenvalue weighted by Crippen LogP contribution is -2.50. The first-order valence-electron chi connectivity index (χ1n) is 8.33. The van der Waals surface area contributed by atoms with E-state index in [1.54, 1.807) is 0 Å². The zero-order valence-corrected chi connectivity index (χ0v) is 14.4. The SMILES string of the molecule is Cc1ccc(C(=O)N2CCN(CC(O)COC(C)C)CC2)cc1. The van der Waals surface area contributed by atoms with Gasteiger partial charge in [0.1, 0.15) is 0 Å². The largest absolute Gasteiger partial charge is 0.389 e. The molecule has 1 unspecified atom stereocenters. The number of β-amino-alcohol motifs (C(OH)–C–C–N with tert-alkyl or cyclic N) is 1. The van der Waals surface area contributed by atoms with Crippen LogP contribution >= 0.6 is 0 Å². The van der Waals surface area contributed by atoms with Crippen molar-refractivity contribution in [2.24, 2.45) is 0 Å². The van der Waals surface area contributed by atoms with Crippen LogP contribution in [0.2, 0.25) is 0 Å². The van der Waals surface area contributed by atoms with Gasteiger partial charge in [-0.05, 0) is 32.9 Å². The average molecular weight is 320 g/mol. The van der Waals surface area contributed by atoms with E-state index in [1.165, 1.54) is 0 Å². The molecule has 1 saturated heterocycles. The number of benzene rings is 1. The van der Waals surface area contributed by atoms with Crippen LogP contribution in [0.25, 0.3) is 0 Å². The maximum atomic E-state index is 12.5. The topological polar surface area (TPSA) is 53.0 Å². The minimum Gasteiger partial charge on any atom is -0.389 e. The van der Waals surface area contributed by atoms with Crippen LogP contribution in [-0.2, 0) is 4.74 Å². The second-order valence-electron chi connectivity index (χ2n) is 6.49. The van der Waals surface area contributed by atoms with Crippen molar-refractivity contribution in [3.63, 3.8) is 0 Å². The van der Waals surface area contributed by atoms with Gasteiger partial charge in [0.05, 0.1) is 18.8 Å². The Morgan fingerprint density at radius 1 is 1.17 bits per heavy atom. The Labute approximate surface area is 138 Å². The molecule has 1 atom stereocenters. The molecule has 5 nitrogen and oxygen atoms in total. The predicted octanol–water partition coefficient (Wildman–Crippen LogP) is 1.54. The van der Waals surface area contributed by atoms with Gasteiger partial charge in [-0.2, -0.15) is 0 Å². The van der Waals surface area contributed by atoms with Crippen molar-refractivity contribution < 1.29 is 14.6 Å². The van der Waals surface area contributed by atoms with Crippen molar-refractivity contribution in [2.45, 2.75) is 33.0 Å². The van der Waals surface area contributed by atoms with E-state index in [2.05, 4.69) is 4.90 Å². The Hall–Kier alpha value is -1.43. The van der Waals surface area contributed by atoms with Crippen LogP contribution < -0.4 is 0 Å². The number of rotatable bonds is 6. The van der Waals surface area contributed by atoms with Crippen LogP contribution in [0.15, 0.2) is 24.3 Å². The van der Waals surface area contributed by atoms with Crippen molar-refractivity contribution >= 4 is 5.91 Å². The first-order valence-corrected chi connectivity index (χ1v) is 8.33. The van der Waals surface area contributed by atoms with Gasteiger partial charge in [-0.1, -0.05) is 17.7 Å². The second-order valence-corrected chi connectivity index (χ2v) is 6.49. The zero-order valence-electron chi connectivity index (χ0n) is 14.4. The van der Waals surface area contributed by atoms with Gasteiger partial charge in [-0.3, -0.25) is 9.69 Å². The lowest BCUT2D eigenvalue weighted by Gasteiger charge is -2.35. The van der Waals surface area contributed by atoms with Crippen LogP contribution in [0.5, 0.6) is 0 Å². The van der Waals surface area contributed by atoms with Crippen molar-refractivity contribution in [3.8, 4) is 0 Å². The van der Waals surface area contributed by atoms with Crippen LogP contribution in [0.4, 0.5) is 0 Å². The summed E-state index contributed by atoms with van der Waals surface area (Å²) in [6, 6.07) is 7.71. The number of aliphatic hydroxyl groups excluding tert-OH is 1. The van der Waals surface area contributed by atoms with Crippen molar-refractivity contribution in [1.29, 1.82) is 0 Å². The van der Waals surface area contributed by atoms with Crippen molar-refractivity contribution in [2.75, 3.05) is 39.3 Å². The van der Waals surface area contributed by atoms with Crippen LogP contribution in [0.1, 0.15) is 29.8 Å². The lowest BCUT2D eigenvalue weighted by atomic mass is 10.1. The molecule has 1 aliphatic heterocycles. The third-order valence-corrected chi connectivity index (χ3v) is 4.05. The molecule has 1 heterocycles. The molecule has 0 aromatic heterocycles. The van der Waals surface area contributed by atoms with Gasteiger partial charge in [0.15, 0.2) is 0 Å². The summed E-state index contributed by atoms with van der Waals surface area (Å²) >= 11 is 0. The first-order chi connectivity index (χ1) is 11.0. The van der Waals surface area contributed by atoms with Crippen LogP contribution in [0.3, 0.4) is 0 Å². The number of piperazine rings is 1. The van der Waals surface area contributed by atoms with E-state index >= 15 is 0 Å². The van der Waals surface area contributed by atoms with Gasteiger partial charge in [-0.25, -0.2) is 0 Å². The summed E-state index contributed by atoms with van der Waals surface area (Å²) in [4.78, 5) is 16.5. The van der Waals surface area contributed by atoms with Gasteiger partial charge in [0, 0.05) is 38.3 Å². The molecule has 2 rings (SSSR count). The molecule has 1 aromatic carbocycles. The summed E-state index contributed by atoms with van der Waals surface area (Å²) in [5, 5.41) is 9.98. The number of amides is 1. The molecule has 1 aliphatic rings. The normalized spacial score (nSPS) is 17.5. The van der Waals surface area contributed by atoms with E-state index in [4.69, 9.17) is 4.74 Å². The fraction of sp³-hybridized carbons (Fsp3) is 0.611. The van der Waals surface area contributed by atoms with Gasteiger partial charge in [0.2, 0.25) is 0 Å². The number of carbonyl (C=O) groups is 1.